The van der Waals surface area contributed by atoms with E-state index >= 15 is 0 Å². The van der Waals surface area contributed by atoms with Crippen LogP contribution in [-0.2, 0) is 9.09 Å². The Morgan fingerprint density at radius 3 is 2.57 bits per heavy atom. The van der Waals surface area contributed by atoms with Gasteiger partial charge in [0.2, 0.25) is 0 Å². The molecule has 0 N–H and O–H groups in total. The predicted octanol–water partition coefficient (Wildman–Crippen LogP) is 1.84. The van der Waals surface area contributed by atoms with Crippen molar-refractivity contribution in [2.24, 2.45) is 0 Å². The topological polar surface area (TPSA) is 26.3 Å². The molecule has 7 heavy (non-hydrogen) atoms. The molecule has 0 aliphatic carbocycles. The summed E-state index contributed by atoms with van der Waals surface area (Å²) in [5, 5.41) is 0. The van der Waals surface area contributed by atoms with Gasteiger partial charge in [0.15, 0.2) is 0 Å². The smallest absolute Gasteiger partial charge is 0.290 e. The van der Waals surface area contributed by atoms with Crippen molar-refractivity contribution in [2.75, 3.05) is 12.8 Å². The zero-order valence-electron chi connectivity index (χ0n) is 3.76. The molecule has 1 aliphatic rings. The number of rotatable bonds is 0. The van der Waals surface area contributed by atoms with E-state index < -0.39 is 6.72 Å². The van der Waals surface area contributed by atoms with E-state index in [1.807, 2.05) is 0 Å². The lowest BCUT2D eigenvalue weighted by atomic mass is 10.5. The zero-order chi connectivity index (χ0) is 5.33. The highest BCUT2D eigenvalue weighted by Crippen LogP contribution is 2.56. The van der Waals surface area contributed by atoms with Gasteiger partial charge in [0.05, 0.1) is 6.61 Å². The molecule has 0 aromatic carbocycles. The summed E-state index contributed by atoms with van der Waals surface area (Å²) in [6, 6.07) is 0. The van der Waals surface area contributed by atoms with Crippen LogP contribution in [0.1, 0.15) is 6.42 Å². The van der Waals surface area contributed by atoms with E-state index in [0.29, 0.717) is 12.8 Å². The van der Waals surface area contributed by atoms with Gasteiger partial charge in [-0.3, -0.25) is 4.57 Å². The Labute approximate surface area is 47.0 Å². The fraction of sp³-hybridized carbons (Fsp3) is 1.00. The number of hydrogen-bond acceptors (Lipinski definition) is 2. The van der Waals surface area contributed by atoms with Gasteiger partial charge in [0.25, 0.3) is 6.72 Å². The minimum absolute atomic E-state index is 0.550. The van der Waals surface area contributed by atoms with Crippen molar-refractivity contribution in [3.8, 4) is 0 Å². The molecule has 1 atom stereocenters. The molecule has 0 radical (unpaired) electrons. The van der Waals surface area contributed by atoms with Gasteiger partial charge in [-0.25, -0.2) is 0 Å². The van der Waals surface area contributed by atoms with Crippen LogP contribution in [0, 0.1) is 0 Å². The molecule has 2 nitrogen and oxygen atoms in total. The molecule has 42 valence electrons. The summed E-state index contributed by atoms with van der Waals surface area (Å²) in [6.07, 6.45) is 1.40. The highest BCUT2D eigenvalue weighted by molar-refractivity contribution is 7.85. The first kappa shape index (κ1) is 5.61. The van der Waals surface area contributed by atoms with Crippen LogP contribution in [0.5, 0.6) is 0 Å². The van der Waals surface area contributed by atoms with E-state index in [4.69, 9.17) is 11.2 Å². The quantitative estimate of drug-likeness (QED) is 0.480. The first-order valence-corrected chi connectivity index (χ1v) is 4.85. The Kier molecular flexibility index (Phi) is 1.42. The van der Waals surface area contributed by atoms with Gasteiger partial charge in [-0.05, 0) is 17.7 Å². The lowest BCUT2D eigenvalue weighted by molar-refractivity contribution is 0.360. The summed E-state index contributed by atoms with van der Waals surface area (Å²) >= 11 is 5.30. The highest BCUT2D eigenvalue weighted by atomic mass is 35.7. The van der Waals surface area contributed by atoms with Crippen LogP contribution >= 0.6 is 18.0 Å². The third-order valence-corrected chi connectivity index (χ3v) is 3.07. The Morgan fingerprint density at radius 2 is 2.43 bits per heavy atom. The maximum Gasteiger partial charge on any atom is 0.290 e. The number of hydrogen-bond donors (Lipinski definition) is 0. The summed E-state index contributed by atoms with van der Waals surface area (Å²) < 4.78 is 15.2. The molecule has 0 spiro atoms. The molecule has 0 aromatic heterocycles. The highest BCUT2D eigenvalue weighted by Gasteiger charge is 2.24. The van der Waals surface area contributed by atoms with Crippen molar-refractivity contribution in [1.82, 2.24) is 0 Å². The summed E-state index contributed by atoms with van der Waals surface area (Å²) in [4.78, 5) is 0. The predicted molar refractivity (Wildman–Crippen MR) is 28.9 cm³/mol. The zero-order valence-corrected chi connectivity index (χ0v) is 5.41. The summed E-state index contributed by atoms with van der Waals surface area (Å²) in [7, 11) is 0. The van der Waals surface area contributed by atoms with E-state index in [-0.39, 0.29) is 0 Å². The molecular weight excluding hydrogens is 134 g/mol. The fourth-order valence-corrected chi connectivity index (χ4v) is 2.12. The van der Waals surface area contributed by atoms with Gasteiger partial charge in [-0.2, -0.15) is 0 Å². The van der Waals surface area contributed by atoms with E-state index in [1.54, 1.807) is 0 Å². The van der Waals surface area contributed by atoms with Crippen molar-refractivity contribution in [1.29, 1.82) is 0 Å². The molecule has 1 aliphatic heterocycles. The molecule has 1 heterocycles. The second kappa shape index (κ2) is 1.77. The summed E-state index contributed by atoms with van der Waals surface area (Å²) in [5.74, 6) is 0. The van der Waals surface area contributed by atoms with E-state index in [9.17, 15) is 4.57 Å². The molecular formula is C3H6ClO2P. The third-order valence-electron chi connectivity index (χ3n) is 0.854. The normalized spacial score (nSPS) is 41.9. The van der Waals surface area contributed by atoms with E-state index in [1.165, 1.54) is 0 Å². The molecule has 1 unspecified atom stereocenters. The average Bonchev–Trinajstić information content (AvgIpc) is 1.84. The fourth-order valence-electron chi connectivity index (χ4n) is 0.519. The molecule has 1 rings (SSSR count). The average molecular weight is 141 g/mol. The van der Waals surface area contributed by atoms with Gasteiger partial charge in [0.1, 0.15) is 0 Å². The van der Waals surface area contributed by atoms with Crippen LogP contribution in [-0.4, -0.2) is 12.8 Å². The second-order valence-corrected chi connectivity index (χ2v) is 4.93. The van der Waals surface area contributed by atoms with Crippen molar-refractivity contribution >= 4 is 18.0 Å². The first-order valence-electron chi connectivity index (χ1n) is 2.14. The van der Waals surface area contributed by atoms with E-state index in [2.05, 4.69) is 4.52 Å². The molecule has 0 amide bonds. The largest absolute Gasteiger partial charge is 0.318 e. The van der Waals surface area contributed by atoms with E-state index in [0.717, 1.165) is 6.42 Å². The maximum absolute atomic E-state index is 10.6. The first-order chi connectivity index (χ1) is 3.21. The Balaban J connectivity index is 2.57. The Morgan fingerprint density at radius 1 is 1.71 bits per heavy atom. The Bertz CT molecular complexity index is 104. The van der Waals surface area contributed by atoms with Crippen molar-refractivity contribution < 1.29 is 9.09 Å². The van der Waals surface area contributed by atoms with Gasteiger partial charge in [-0.1, -0.05) is 0 Å². The molecule has 0 aromatic rings. The number of halogens is 1. The molecule has 4 heteroatoms. The molecule has 0 bridgehead atoms. The molecule has 1 fully saturated rings. The van der Waals surface area contributed by atoms with Gasteiger partial charge in [-0.15, -0.1) is 0 Å². The third kappa shape index (κ3) is 1.45. The van der Waals surface area contributed by atoms with Crippen LogP contribution in [0.3, 0.4) is 0 Å². The lowest BCUT2D eigenvalue weighted by Gasteiger charge is -1.94. The van der Waals surface area contributed by atoms with Gasteiger partial charge in [0, 0.05) is 6.16 Å². The molecule has 0 saturated carbocycles. The van der Waals surface area contributed by atoms with Gasteiger partial charge < -0.3 is 4.52 Å². The second-order valence-electron chi connectivity index (χ2n) is 1.50. The van der Waals surface area contributed by atoms with Crippen LogP contribution < -0.4 is 0 Å². The van der Waals surface area contributed by atoms with Crippen LogP contribution in [0.15, 0.2) is 0 Å². The van der Waals surface area contributed by atoms with Crippen LogP contribution in [0.4, 0.5) is 0 Å². The summed E-state index contributed by atoms with van der Waals surface area (Å²) in [5.41, 5.74) is 0. The van der Waals surface area contributed by atoms with Crippen molar-refractivity contribution in [3.05, 3.63) is 0 Å². The van der Waals surface area contributed by atoms with Crippen LogP contribution in [0.25, 0.3) is 0 Å². The Hall–Kier alpha value is 0.480. The SMILES string of the molecule is O=P1(Cl)CCCO1. The maximum atomic E-state index is 10.6. The van der Waals surface area contributed by atoms with Crippen molar-refractivity contribution in [2.45, 2.75) is 6.42 Å². The van der Waals surface area contributed by atoms with Crippen molar-refractivity contribution in [3.63, 3.8) is 0 Å². The standard InChI is InChI=1S/C3H6ClO2P/c4-7(5)3-1-2-6-7/h1-3H2. The lowest BCUT2D eigenvalue weighted by Crippen LogP contribution is -1.69. The molecule has 1 saturated heterocycles. The monoisotopic (exact) mass is 140 g/mol. The van der Waals surface area contributed by atoms with Gasteiger partial charge >= 0.3 is 0 Å². The summed E-state index contributed by atoms with van der Waals surface area (Å²) in [6.45, 7) is -2.00. The van der Waals surface area contributed by atoms with Crippen LogP contribution in [0.2, 0.25) is 0 Å². The minimum Gasteiger partial charge on any atom is -0.318 e. The minimum atomic E-state index is -2.57.